The van der Waals surface area contributed by atoms with Crippen molar-refractivity contribution in [3.8, 4) is 0 Å². The van der Waals surface area contributed by atoms with Crippen LogP contribution in [0.5, 0.6) is 0 Å². The van der Waals surface area contributed by atoms with Crippen LogP contribution >= 0.6 is 0 Å². The number of carbonyl (C=O) groups is 1. The summed E-state index contributed by atoms with van der Waals surface area (Å²) < 4.78 is 1.68. The second-order valence-electron chi connectivity index (χ2n) is 6.29. The lowest BCUT2D eigenvalue weighted by Gasteiger charge is -2.16. The van der Waals surface area contributed by atoms with E-state index in [2.05, 4.69) is 15.4 Å². The van der Waals surface area contributed by atoms with Gasteiger partial charge in [0.15, 0.2) is 5.65 Å². The van der Waals surface area contributed by atoms with E-state index in [0.29, 0.717) is 17.9 Å². The second kappa shape index (κ2) is 5.42. The Balaban J connectivity index is 1.64. The first kappa shape index (κ1) is 14.8. The van der Waals surface area contributed by atoms with Crippen LogP contribution in [0, 0.1) is 6.92 Å². The quantitative estimate of drug-likeness (QED) is 0.771. The number of hydrogen-bond donors (Lipinski definition) is 2. The summed E-state index contributed by atoms with van der Waals surface area (Å²) in [6, 6.07) is 9.81. The van der Waals surface area contributed by atoms with Crippen molar-refractivity contribution in [2.75, 3.05) is 5.32 Å². The Bertz CT molecular complexity index is 909. The summed E-state index contributed by atoms with van der Waals surface area (Å²) in [4.78, 5) is 17.3. The van der Waals surface area contributed by atoms with Crippen LogP contribution in [0.1, 0.15) is 29.7 Å². The molecular formula is C18H19N5O. The first-order valence-corrected chi connectivity index (χ1v) is 8.05. The predicted octanol–water partition coefficient (Wildman–Crippen LogP) is 2.17. The zero-order valence-corrected chi connectivity index (χ0v) is 13.5. The maximum absolute atomic E-state index is 12.9. The molecule has 1 fully saturated rings. The van der Waals surface area contributed by atoms with Crippen LogP contribution in [0.15, 0.2) is 42.7 Å². The molecule has 0 radical (unpaired) electrons. The van der Waals surface area contributed by atoms with Crippen molar-refractivity contribution in [2.45, 2.75) is 31.7 Å². The molecular weight excluding hydrogens is 302 g/mol. The normalized spacial score (nSPS) is 15.4. The standard InChI is InChI=1S/C18H19N5O/c1-12-15(16-20-9-2-10-23(16)22-12)21-17(24)18(7-8-18)14-5-3-13(11-19)4-6-14/h2-6,9-10H,7-8,11,19H2,1H3,(H,21,24). The van der Waals surface area contributed by atoms with Crippen LogP contribution in [-0.4, -0.2) is 20.5 Å². The molecule has 0 unspecified atom stereocenters. The fourth-order valence-corrected chi connectivity index (χ4v) is 3.11. The third kappa shape index (κ3) is 2.27. The van der Waals surface area contributed by atoms with E-state index < -0.39 is 5.41 Å². The first-order chi connectivity index (χ1) is 11.6. The summed E-state index contributed by atoms with van der Waals surface area (Å²) in [5.74, 6) is 0.00616. The molecule has 24 heavy (non-hydrogen) atoms. The minimum atomic E-state index is -0.442. The van der Waals surface area contributed by atoms with Gasteiger partial charge in [-0.05, 0) is 37.0 Å². The molecule has 1 aliphatic rings. The monoisotopic (exact) mass is 321 g/mol. The number of fused-ring (bicyclic) bond motifs is 1. The SMILES string of the molecule is Cc1nn2cccnc2c1NC(=O)C1(c2ccc(CN)cc2)CC1. The summed E-state index contributed by atoms with van der Waals surface area (Å²) in [5.41, 5.74) is 9.43. The fraction of sp³-hybridized carbons (Fsp3) is 0.278. The van der Waals surface area contributed by atoms with E-state index in [9.17, 15) is 4.79 Å². The predicted molar refractivity (Wildman–Crippen MR) is 91.6 cm³/mol. The number of aromatic nitrogens is 3. The average molecular weight is 321 g/mol. The fourth-order valence-electron chi connectivity index (χ4n) is 3.11. The topological polar surface area (TPSA) is 85.3 Å². The highest BCUT2D eigenvalue weighted by molar-refractivity contribution is 6.03. The summed E-state index contributed by atoms with van der Waals surface area (Å²) >= 11 is 0. The number of benzene rings is 1. The molecule has 0 aliphatic heterocycles. The van der Waals surface area contributed by atoms with Crippen LogP contribution in [0.2, 0.25) is 0 Å². The van der Waals surface area contributed by atoms with Crippen molar-refractivity contribution in [3.63, 3.8) is 0 Å². The van der Waals surface area contributed by atoms with Crippen molar-refractivity contribution in [1.82, 2.24) is 14.6 Å². The van der Waals surface area contributed by atoms with E-state index in [1.165, 1.54) is 0 Å². The maximum atomic E-state index is 12.9. The molecule has 6 heteroatoms. The molecule has 1 aliphatic carbocycles. The van der Waals surface area contributed by atoms with Gasteiger partial charge in [-0.1, -0.05) is 24.3 Å². The molecule has 1 amide bonds. The Hall–Kier alpha value is -2.73. The molecule has 3 aromatic rings. The van der Waals surface area contributed by atoms with E-state index in [0.717, 1.165) is 29.7 Å². The van der Waals surface area contributed by atoms with Gasteiger partial charge in [0.25, 0.3) is 0 Å². The van der Waals surface area contributed by atoms with Gasteiger partial charge >= 0.3 is 0 Å². The van der Waals surface area contributed by atoms with Gasteiger partial charge in [-0.2, -0.15) is 5.10 Å². The molecule has 4 rings (SSSR count). The van der Waals surface area contributed by atoms with Gasteiger partial charge in [0.05, 0.1) is 11.1 Å². The molecule has 0 saturated heterocycles. The van der Waals surface area contributed by atoms with Gasteiger partial charge in [0.1, 0.15) is 5.69 Å². The van der Waals surface area contributed by atoms with Crippen LogP contribution in [0.25, 0.3) is 5.65 Å². The van der Waals surface area contributed by atoms with Crippen LogP contribution in [0.4, 0.5) is 5.69 Å². The average Bonchev–Trinajstić information content (AvgIpc) is 3.36. The maximum Gasteiger partial charge on any atom is 0.235 e. The van der Waals surface area contributed by atoms with E-state index in [4.69, 9.17) is 5.73 Å². The molecule has 2 aromatic heterocycles. The first-order valence-electron chi connectivity index (χ1n) is 8.05. The minimum Gasteiger partial charge on any atom is -0.326 e. The summed E-state index contributed by atoms with van der Waals surface area (Å²) in [7, 11) is 0. The van der Waals surface area contributed by atoms with E-state index >= 15 is 0 Å². The summed E-state index contributed by atoms with van der Waals surface area (Å²) in [6.45, 7) is 2.38. The highest BCUT2D eigenvalue weighted by Crippen LogP contribution is 2.49. The van der Waals surface area contributed by atoms with Crippen molar-refractivity contribution in [1.29, 1.82) is 0 Å². The Kier molecular flexibility index (Phi) is 3.35. The van der Waals surface area contributed by atoms with Gasteiger partial charge in [0.2, 0.25) is 5.91 Å². The molecule has 3 N–H and O–H groups in total. The molecule has 6 nitrogen and oxygen atoms in total. The Morgan fingerprint density at radius 1 is 1.33 bits per heavy atom. The van der Waals surface area contributed by atoms with Crippen molar-refractivity contribution in [3.05, 3.63) is 59.5 Å². The lowest BCUT2D eigenvalue weighted by molar-refractivity contribution is -0.118. The summed E-state index contributed by atoms with van der Waals surface area (Å²) in [5, 5.41) is 7.44. The number of nitrogens with zero attached hydrogens (tertiary/aromatic N) is 3. The van der Waals surface area contributed by atoms with Crippen LogP contribution in [-0.2, 0) is 16.8 Å². The van der Waals surface area contributed by atoms with Gasteiger partial charge < -0.3 is 11.1 Å². The minimum absolute atomic E-state index is 0.00616. The van der Waals surface area contributed by atoms with Crippen molar-refractivity contribution < 1.29 is 4.79 Å². The molecule has 1 saturated carbocycles. The highest BCUT2D eigenvalue weighted by Gasteiger charge is 2.51. The molecule has 0 spiro atoms. The molecule has 1 aromatic carbocycles. The zero-order valence-electron chi connectivity index (χ0n) is 13.5. The Labute approximate surface area is 139 Å². The van der Waals surface area contributed by atoms with Gasteiger partial charge in [-0.15, -0.1) is 0 Å². The lowest BCUT2D eigenvalue weighted by Crippen LogP contribution is -2.28. The van der Waals surface area contributed by atoms with Crippen LogP contribution in [0.3, 0.4) is 0 Å². The van der Waals surface area contributed by atoms with Crippen molar-refractivity contribution in [2.24, 2.45) is 5.73 Å². The molecule has 0 atom stereocenters. The smallest absolute Gasteiger partial charge is 0.235 e. The summed E-state index contributed by atoms with van der Waals surface area (Å²) in [6.07, 6.45) is 5.23. The second-order valence-corrected chi connectivity index (χ2v) is 6.29. The zero-order chi connectivity index (χ0) is 16.7. The number of aryl methyl sites for hydroxylation is 1. The number of amides is 1. The number of carbonyl (C=O) groups excluding carboxylic acids is 1. The van der Waals surface area contributed by atoms with Gasteiger partial charge in [-0.3, -0.25) is 4.79 Å². The number of rotatable bonds is 4. The molecule has 0 bridgehead atoms. The number of anilines is 1. The lowest BCUT2D eigenvalue weighted by atomic mass is 9.94. The van der Waals surface area contributed by atoms with Crippen LogP contribution < -0.4 is 11.1 Å². The highest BCUT2D eigenvalue weighted by atomic mass is 16.2. The van der Waals surface area contributed by atoms with E-state index in [1.54, 1.807) is 10.7 Å². The number of nitrogens with two attached hydrogens (primary N) is 1. The number of nitrogens with one attached hydrogen (secondary N) is 1. The number of hydrogen-bond acceptors (Lipinski definition) is 4. The molecule has 2 heterocycles. The third-order valence-electron chi connectivity index (χ3n) is 4.74. The largest absolute Gasteiger partial charge is 0.326 e. The van der Waals surface area contributed by atoms with Crippen molar-refractivity contribution >= 4 is 17.2 Å². The molecule has 122 valence electrons. The Morgan fingerprint density at radius 3 is 2.75 bits per heavy atom. The van der Waals surface area contributed by atoms with E-state index in [-0.39, 0.29) is 5.91 Å². The third-order valence-corrected chi connectivity index (χ3v) is 4.74. The van der Waals surface area contributed by atoms with E-state index in [1.807, 2.05) is 43.5 Å². The van der Waals surface area contributed by atoms with Gasteiger partial charge in [0, 0.05) is 18.9 Å². The van der Waals surface area contributed by atoms with Gasteiger partial charge in [-0.25, -0.2) is 9.50 Å². The Morgan fingerprint density at radius 2 is 2.08 bits per heavy atom.